The van der Waals surface area contributed by atoms with Crippen LogP contribution >= 0.6 is 0 Å². The highest BCUT2D eigenvalue weighted by molar-refractivity contribution is 5.94. The number of carbonyl (C=O) groups excluding carboxylic acids is 1. The SMILES string of the molecule is CCC(CCn1ccc2nc(N)nc(N)c21)c1ccc(C(=O)N[C@@H](CCC(=O)O)C(=O)O)o1. The number of nitrogen functional groups attached to an aromatic ring is 2. The van der Waals surface area contributed by atoms with Crippen LogP contribution < -0.4 is 16.8 Å². The molecule has 3 rings (SSSR count). The Kier molecular flexibility index (Phi) is 7.16. The van der Waals surface area contributed by atoms with E-state index in [1.54, 1.807) is 6.07 Å². The number of hydrogen-bond acceptors (Lipinski definition) is 8. The van der Waals surface area contributed by atoms with Crippen LogP contribution in [0.15, 0.2) is 28.8 Å². The van der Waals surface area contributed by atoms with Gasteiger partial charge in [-0.1, -0.05) is 6.92 Å². The number of amides is 1. The first-order valence-electron chi connectivity index (χ1n) is 10.4. The van der Waals surface area contributed by atoms with E-state index in [1.165, 1.54) is 6.07 Å². The second-order valence-corrected chi connectivity index (χ2v) is 7.60. The van der Waals surface area contributed by atoms with Crippen molar-refractivity contribution in [1.82, 2.24) is 19.9 Å². The number of anilines is 2. The van der Waals surface area contributed by atoms with Crippen LogP contribution in [0, 0.1) is 0 Å². The molecule has 3 aromatic heterocycles. The molecule has 176 valence electrons. The molecule has 1 unspecified atom stereocenters. The molecule has 0 aliphatic rings. The Labute approximate surface area is 188 Å². The number of aromatic nitrogens is 3. The number of aryl methyl sites for hydroxylation is 1. The number of aliphatic carboxylic acids is 2. The molecule has 0 saturated heterocycles. The summed E-state index contributed by atoms with van der Waals surface area (Å²) in [5.74, 6) is -2.23. The molecule has 0 aromatic carbocycles. The maximum atomic E-state index is 12.4. The number of carboxylic acid groups (broad SMARTS) is 2. The van der Waals surface area contributed by atoms with Gasteiger partial charge >= 0.3 is 11.9 Å². The normalized spacial score (nSPS) is 13.0. The summed E-state index contributed by atoms with van der Waals surface area (Å²) >= 11 is 0. The zero-order valence-electron chi connectivity index (χ0n) is 18.0. The molecule has 33 heavy (non-hydrogen) atoms. The van der Waals surface area contributed by atoms with Crippen molar-refractivity contribution in [2.45, 2.75) is 51.1 Å². The van der Waals surface area contributed by atoms with Crippen LogP contribution in [-0.4, -0.2) is 48.6 Å². The number of rotatable bonds is 11. The number of nitrogens with one attached hydrogen (secondary N) is 1. The number of furan rings is 1. The van der Waals surface area contributed by atoms with Crippen LogP contribution in [0.1, 0.15) is 54.8 Å². The predicted molar refractivity (Wildman–Crippen MR) is 118 cm³/mol. The quantitative estimate of drug-likeness (QED) is 0.282. The van der Waals surface area contributed by atoms with Crippen molar-refractivity contribution in [2.24, 2.45) is 0 Å². The molecule has 0 bridgehead atoms. The number of nitrogens with zero attached hydrogens (tertiary/aromatic N) is 3. The zero-order valence-corrected chi connectivity index (χ0v) is 18.0. The summed E-state index contributed by atoms with van der Waals surface area (Å²) in [4.78, 5) is 42.6. The molecule has 0 saturated carbocycles. The molecule has 1 amide bonds. The molecule has 0 spiro atoms. The number of nitrogens with two attached hydrogens (primary N) is 2. The van der Waals surface area contributed by atoms with Crippen molar-refractivity contribution >= 4 is 40.6 Å². The molecule has 3 heterocycles. The first-order chi connectivity index (χ1) is 15.7. The maximum absolute atomic E-state index is 12.4. The fraction of sp³-hybridized carbons (Fsp3) is 0.381. The van der Waals surface area contributed by atoms with Gasteiger partial charge in [0.05, 0.1) is 5.52 Å². The number of carbonyl (C=O) groups is 3. The van der Waals surface area contributed by atoms with Crippen LogP contribution in [0.3, 0.4) is 0 Å². The van der Waals surface area contributed by atoms with Crippen molar-refractivity contribution < 1.29 is 29.0 Å². The van der Waals surface area contributed by atoms with Gasteiger partial charge in [-0.05, 0) is 37.5 Å². The summed E-state index contributed by atoms with van der Waals surface area (Å²) in [7, 11) is 0. The van der Waals surface area contributed by atoms with Crippen LogP contribution in [0.4, 0.5) is 11.8 Å². The van der Waals surface area contributed by atoms with Crippen molar-refractivity contribution in [3.8, 4) is 0 Å². The Morgan fingerprint density at radius 2 is 1.91 bits per heavy atom. The third-order valence-electron chi connectivity index (χ3n) is 5.37. The Balaban J connectivity index is 1.67. The molecule has 0 fully saturated rings. The lowest BCUT2D eigenvalue weighted by Crippen LogP contribution is -2.41. The van der Waals surface area contributed by atoms with Gasteiger partial charge in [0, 0.05) is 25.1 Å². The lowest BCUT2D eigenvalue weighted by atomic mass is 9.99. The summed E-state index contributed by atoms with van der Waals surface area (Å²) in [5, 5.41) is 20.3. The zero-order chi connectivity index (χ0) is 24.1. The van der Waals surface area contributed by atoms with Gasteiger partial charge < -0.3 is 36.0 Å². The van der Waals surface area contributed by atoms with Gasteiger partial charge in [-0.15, -0.1) is 0 Å². The van der Waals surface area contributed by atoms with Crippen LogP contribution in [-0.2, 0) is 16.1 Å². The Morgan fingerprint density at radius 3 is 2.58 bits per heavy atom. The maximum Gasteiger partial charge on any atom is 0.326 e. The highest BCUT2D eigenvalue weighted by atomic mass is 16.4. The molecular weight excluding hydrogens is 432 g/mol. The molecule has 12 heteroatoms. The Bertz CT molecular complexity index is 1170. The predicted octanol–water partition coefficient (Wildman–Crippen LogP) is 1.82. The van der Waals surface area contributed by atoms with E-state index in [0.29, 0.717) is 35.6 Å². The highest BCUT2D eigenvalue weighted by Crippen LogP contribution is 2.28. The Morgan fingerprint density at radius 1 is 1.15 bits per heavy atom. The van der Waals surface area contributed by atoms with Gasteiger partial charge in [-0.3, -0.25) is 9.59 Å². The largest absolute Gasteiger partial charge is 0.481 e. The van der Waals surface area contributed by atoms with Gasteiger partial charge in [-0.25, -0.2) is 9.78 Å². The second-order valence-electron chi connectivity index (χ2n) is 7.60. The summed E-state index contributed by atoms with van der Waals surface area (Å²) in [6.45, 7) is 2.59. The van der Waals surface area contributed by atoms with E-state index in [9.17, 15) is 19.5 Å². The second kappa shape index (κ2) is 10.0. The van der Waals surface area contributed by atoms with Gasteiger partial charge in [0.1, 0.15) is 17.3 Å². The molecule has 3 aromatic rings. The van der Waals surface area contributed by atoms with Crippen molar-refractivity contribution in [2.75, 3.05) is 11.5 Å². The monoisotopic (exact) mass is 458 g/mol. The molecule has 0 radical (unpaired) electrons. The lowest BCUT2D eigenvalue weighted by molar-refractivity contribution is -0.140. The van der Waals surface area contributed by atoms with Crippen LogP contribution in [0.5, 0.6) is 0 Å². The average Bonchev–Trinajstić information content (AvgIpc) is 3.39. The summed E-state index contributed by atoms with van der Waals surface area (Å²) in [5.41, 5.74) is 13.0. The van der Waals surface area contributed by atoms with Crippen molar-refractivity contribution in [1.29, 1.82) is 0 Å². The first kappa shape index (κ1) is 23.6. The molecule has 0 aliphatic carbocycles. The van der Waals surface area contributed by atoms with Gasteiger partial charge in [0.2, 0.25) is 5.95 Å². The van der Waals surface area contributed by atoms with Gasteiger partial charge in [-0.2, -0.15) is 4.98 Å². The van der Waals surface area contributed by atoms with Crippen molar-refractivity contribution in [3.05, 3.63) is 35.9 Å². The van der Waals surface area contributed by atoms with Gasteiger partial charge in [0.15, 0.2) is 11.6 Å². The summed E-state index contributed by atoms with van der Waals surface area (Å²) < 4.78 is 7.64. The summed E-state index contributed by atoms with van der Waals surface area (Å²) in [6.07, 6.45) is 2.66. The minimum atomic E-state index is -1.33. The Hall–Kier alpha value is -4.09. The van der Waals surface area contributed by atoms with E-state index in [1.807, 2.05) is 23.8 Å². The third-order valence-corrected chi connectivity index (χ3v) is 5.37. The smallest absolute Gasteiger partial charge is 0.326 e. The minimum Gasteiger partial charge on any atom is -0.481 e. The minimum absolute atomic E-state index is 0.0118. The van der Waals surface area contributed by atoms with E-state index >= 15 is 0 Å². The number of carboxylic acids is 2. The number of hydrogen-bond donors (Lipinski definition) is 5. The first-order valence-corrected chi connectivity index (χ1v) is 10.4. The molecule has 12 nitrogen and oxygen atoms in total. The van der Waals surface area contributed by atoms with E-state index in [-0.39, 0.29) is 30.5 Å². The summed E-state index contributed by atoms with van der Waals surface area (Å²) in [6, 6.07) is 3.64. The molecule has 0 aliphatic heterocycles. The highest BCUT2D eigenvalue weighted by Gasteiger charge is 2.24. The molecule has 2 atom stereocenters. The van der Waals surface area contributed by atoms with Crippen LogP contribution in [0.2, 0.25) is 0 Å². The van der Waals surface area contributed by atoms with Gasteiger partial charge in [0.25, 0.3) is 5.91 Å². The lowest BCUT2D eigenvalue weighted by Gasteiger charge is -2.14. The topological polar surface area (TPSA) is 200 Å². The van der Waals surface area contributed by atoms with E-state index in [0.717, 1.165) is 6.42 Å². The van der Waals surface area contributed by atoms with Crippen LogP contribution in [0.25, 0.3) is 11.0 Å². The van der Waals surface area contributed by atoms with Crippen molar-refractivity contribution in [3.63, 3.8) is 0 Å². The average molecular weight is 458 g/mol. The standard InChI is InChI=1S/C21H26N6O6/c1-2-11(7-9-27-10-8-12-17(27)18(22)26-21(23)25-12)14-4-5-15(33-14)19(30)24-13(20(31)32)3-6-16(28)29/h4-5,8,10-11,13H,2-3,6-7,9H2,1H3,(H,24,30)(H,28,29)(H,31,32)(H4,22,23,25,26)/t11?,13-/m0/s1. The van der Waals surface area contributed by atoms with E-state index in [4.69, 9.17) is 21.0 Å². The molecular formula is C21H26N6O6. The van der Waals surface area contributed by atoms with E-state index in [2.05, 4.69) is 15.3 Å². The fourth-order valence-corrected chi connectivity index (χ4v) is 3.63. The molecule has 7 N–H and O–H groups in total. The number of fused-ring (bicyclic) bond motifs is 1. The fourth-order valence-electron chi connectivity index (χ4n) is 3.63. The van der Waals surface area contributed by atoms with E-state index < -0.39 is 23.9 Å². The third kappa shape index (κ3) is 5.59.